The summed E-state index contributed by atoms with van der Waals surface area (Å²) in [4.78, 5) is 20.3. The Morgan fingerprint density at radius 1 is 1.12 bits per heavy atom. The smallest absolute Gasteiger partial charge is 0.227 e. The summed E-state index contributed by atoms with van der Waals surface area (Å²) >= 11 is 0. The average Bonchev–Trinajstić information content (AvgIpc) is 3.37. The van der Waals surface area contributed by atoms with E-state index in [9.17, 15) is 0 Å². The van der Waals surface area contributed by atoms with Crippen LogP contribution in [0.25, 0.3) is 10.9 Å². The van der Waals surface area contributed by atoms with Gasteiger partial charge in [-0.05, 0) is 44.5 Å². The molecular formula is C24H32N8O2. The maximum atomic E-state index is 6.15. The number of nitrogens with zero attached hydrogens (tertiary/aromatic N) is 6. The third-order valence-corrected chi connectivity index (χ3v) is 6.36. The summed E-state index contributed by atoms with van der Waals surface area (Å²) in [5.41, 5.74) is 7.83. The van der Waals surface area contributed by atoms with Crippen molar-refractivity contribution in [3.05, 3.63) is 35.7 Å². The molecule has 2 aliphatic heterocycles. The van der Waals surface area contributed by atoms with Gasteiger partial charge in [0.1, 0.15) is 11.3 Å². The molecular weight excluding hydrogens is 432 g/mol. The topological polar surface area (TPSA) is 116 Å². The van der Waals surface area contributed by atoms with E-state index in [0.717, 1.165) is 48.3 Å². The standard InChI is InChI=1S/C24H32N8O2/c1-33-21-19(34-13-5-11-31-9-3-2-4-10-31)7-6-18-20(21)30-24(32-12-8-26-22(18)32)29-16-17-14-27-23(25)28-15-17/h6-7,14-15,26H,2-5,8-13,16H2,1H3,(H2,25,27,28). The molecule has 34 heavy (non-hydrogen) atoms. The molecule has 10 nitrogen and oxygen atoms in total. The number of nitrogens with two attached hydrogens (primary N) is 1. The number of aromatic nitrogens is 4. The van der Waals surface area contributed by atoms with Crippen molar-refractivity contribution in [1.82, 2.24) is 24.4 Å². The minimum atomic E-state index is 0.250. The predicted octanol–water partition coefficient (Wildman–Crippen LogP) is 2.20. The number of fused-ring (bicyclic) bond motifs is 3. The Kier molecular flexibility index (Phi) is 6.75. The van der Waals surface area contributed by atoms with E-state index >= 15 is 0 Å². The van der Waals surface area contributed by atoms with Crippen LogP contribution in [0.5, 0.6) is 11.5 Å². The highest BCUT2D eigenvalue weighted by Gasteiger charge is 2.20. The number of piperidine rings is 1. The van der Waals surface area contributed by atoms with Gasteiger partial charge in [0.2, 0.25) is 11.6 Å². The molecule has 0 unspecified atom stereocenters. The van der Waals surface area contributed by atoms with E-state index in [1.54, 1.807) is 19.5 Å². The number of methoxy groups -OCH3 is 1. The summed E-state index contributed by atoms with van der Waals surface area (Å²) in [5, 5.41) is 4.46. The first-order valence-corrected chi connectivity index (χ1v) is 12.0. The second-order valence-electron chi connectivity index (χ2n) is 8.70. The van der Waals surface area contributed by atoms with Gasteiger partial charge in [0, 0.05) is 43.0 Å². The van der Waals surface area contributed by atoms with Crippen LogP contribution in [0.2, 0.25) is 0 Å². The minimum absolute atomic E-state index is 0.250. The van der Waals surface area contributed by atoms with Gasteiger partial charge in [-0.2, -0.15) is 0 Å². The van der Waals surface area contributed by atoms with E-state index < -0.39 is 0 Å². The molecule has 4 heterocycles. The van der Waals surface area contributed by atoms with Crippen molar-refractivity contribution in [2.24, 2.45) is 4.99 Å². The van der Waals surface area contributed by atoms with E-state index in [-0.39, 0.29) is 5.95 Å². The third kappa shape index (κ3) is 4.77. The molecule has 3 aromatic rings. The van der Waals surface area contributed by atoms with Gasteiger partial charge in [-0.15, -0.1) is 0 Å². The van der Waals surface area contributed by atoms with E-state index in [1.165, 1.54) is 32.4 Å². The SMILES string of the molecule is COc1c(OCCCN2CCCCC2)ccc2c3n(c(=NCc4cnc(N)nc4)nc12)CCN3. The lowest BCUT2D eigenvalue weighted by atomic mass is 10.1. The molecule has 0 aliphatic carbocycles. The number of benzene rings is 1. The molecule has 0 atom stereocenters. The van der Waals surface area contributed by atoms with Crippen LogP contribution >= 0.6 is 0 Å². The van der Waals surface area contributed by atoms with Crippen molar-refractivity contribution < 1.29 is 9.47 Å². The molecule has 10 heteroatoms. The van der Waals surface area contributed by atoms with Gasteiger partial charge in [0.15, 0.2) is 11.5 Å². The van der Waals surface area contributed by atoms with Crippen LogP contribution in [0.15, 0.2) is 29.5 Å². The Balaban J connectivity index is 1.40. The Bertz CT molecular complexity index is 1200. The van der Waals surface area contributed by atoms with E-state index in [1.807, 2.05) is 12.1 Å². The normalized spacial score (nSPS) is 16.4. The molecule has 1 aromatic carbocycles. The third-order valence-electron chi connectivity index (χ3n) is 6.36. The maximum absolute atomic E-state index is 6.15. The van der Waals surface area contributed by atoms with E-state index in [2.05, 4.69) is 24.8 Å². The number of rotatable bonds is 8. The molecule has 1 fully saturated rings. The van der Waals surface area contributed by atoms with Crippen LogP contribution in [0, 0.1) is 0 Å². The molecule has 0 spiro atoms. The highest BCUT2D eigenvalue weighted by Crippen LogP contribution is 2.37. The number of anilines is 2. The van der Waals surface area contributed by atoms with Crippen molar-refractivity contribution in [2.45, 2.75) is 38.8 Å². The quantitative estimate of drug-likeness (QED) is 0.488. The minimum Gasteiger partial charge on any atom is -0.491 e. The first kappa shape index (κ1) is 22.4. The van der Waals surface area contributed by atoms with Crippen LogP contribution in [0.4, 0.5) is 11.8 Å². The first-order chi connectivity index (χ1) is 16.7. The monoisotopic (exact) mass is 464 g/mol. The van der Waals surface area contributed by atoms with Crippen molar-refractivity contribution in [2.75, 3.05) is 50.9 Å². The van der Waals surface area contributed by atoms with Crippen LogP contribution in [-0.4, -0.2) is 64.3 Å². The fourth-order valence-electron chi connectivity index (χ4n) is 4.64. The Morgan fingerprint density at radius 3 is 2.74 bits per heavy atom. The zero-order chi connectivity index (χ0) is 23.3. The second kappa shape index (κ2) is 10.3. The molecule has 5 rings (SSSR count). The highest BCUT2D eigenvalue weighted by molar-refractivity contribution is 5.95. The number of likely N-dealkylation sites (tertiary alicyclic amines) is 1. The summed E-state index contributed by atoms with van der Waals surface area (Å²) in [6.45, 7) is 6.15. The number of nitrogen functional groups attached to an aromatic ring is 1. The molecule has 2 aromatic heterocycles. The van der Waals surface area contributed by atoms with Gasteiger partial charge in [-0.3, -0.25) is 4.57 Å². The zero-order valence-electron chi connectivity index (χ0n) is 19.7. The van der Waals surface area contributed by atoms with Crippen molar-refractivity contribution in [1.29, 1.82) is 0 Å². The molecule has 180 valence electrons. The molecule has 0 radical (unpaired) electrons. The van der Waals surface area contributed by atoms with E-state index in [0.29, 0.717) is 30.3 Å². The zero-order valence-corrected chi connectivity index (χ0v) is 19.7. The van der Waals surface area contributed by atoms with Gasteiger partial charge in [-0.25, -0.2) is 19.9 Å². The molecule has 0 bridgehead atoms. The van der Waals surface area contributed by atoms with Crippen LogP contribution < -0.4 is 26.1 Å². The molecule has 3 N–H and O–H groups in total. The highest BCUT2D eigenvalue weighted by atomic mass is 16.5. The Hall–Kier alpha value is -3.40. The van der Waals surface area contributed by atoms with Crippen LogP contribution in [-0.2, 0) is 13.1 Å². The molecule has 1 saturated heterocycles. The van der Waals surface area contributed by atoms with Crippen LogP contribution in [0.1, 0.15) is 31.2 Å². The molecule has 0 amide bonds. The summed E-state index contributed by atoms with van der Waals surface area (Å²) in [6.07, 6.45) is 8.33. The lowest BCUT2D eigenvalue weighted by molar-refractivity contribution is 0.203. The van der Waals surface area contributed by atoms with E-state index in [4.69, 9.17) is 25.2 Å². The van der Waals surface area contributed by atoms with Crippen molar-refractivity contribution in [3.8, 4) is 11.5 Å². The first-order valence-electron chi connectivity index (χ1n) is 12.0. The van der Waals surface area contributed by atoms with Gasteiger partial charge in [0.05, 0.1) is 20.3 Å². The Morgan fingerprint density at radius 2 is 1.94 bits per heavy atom. The van der Waals surface area contributed by atoms with Crippen LogP contribution in [0.3, 0.4) is 0 Å². The lowest BCUT2D eigenvalue weighted by Gasteiger charge is -2.26. The predicted molar refractivity (Wildman–Crippen MR) is 131 cm³/mol. The fourth-order valence-corrected chi connectivity index (χ4v) is 4.64. The average molecular weight is 465 g/mol. The van der Waals surface area contributed by atoms with Gasteiger partial charge in [0.25, 0.3) is 0 Å². The van der Waals surface area contributed by atoms with Crippen molar-refractivity contribution >= 4 is 22.7 Å². The number of hydrogen-bond donors (Lipinski definition) is 2. The number of nitrogens with one attached hydrogen (secondary N) is 1. The summed E-state index contributed by atoms with van der Waals surface area (Å²) in [6, 6.07) is 4.03. The number of ether oxygens (including phenoxy) is 2. The summed E-state index contributed by atoms with van der Waals surface area (Å²) in [7, 11) is 1.66. The Labute approximate surface area is 198 Å². The van der Waals surface area contributed by atoms with Crippen molar-refractivity contribution in [3.63, 3.8) is 0 Å². The lowest BCUT2D eigenvalue weighted by Crippen LogP contribution is -2.31. The summed E-state index contributed by atoms with van der Waals surface area (Å²) in [5.74, 6) is 2.59. The van der Waals surface area contributed by atoms with Gasteiger partial charge < -0.3 is 25.4 Å². The molecule has 0 saturated carbocycles. The number of hydrogen-bond acceptors (Lipinski definition) is 9. The van der Waals surface area contributed by atoms with Gasteiger partial charge >= 0.3 is 0 Å². The maximum Gasteiger partial charge on any atom is 0.227 e. The van der Waals surface area contributed by atoms with Gasteiger partial charge in [-0.1, -0.05) is 6.42 Å². The molecule has 2 aliphatic rings. The fraction of sp³-hybridized carbons (Fsp3) is 0.500. The second-order valence-corrected chi connectivity index (χ2v) is 8.70. The summed E-state index contributed by atoms with van der Waals surface area (Å²) < 4.78 is 14.0. The largest absolute Gasteiger partial charge is 0.491 e.